The van der Waals surface area contributed by atoms with Crippen LogP contribution in [0.4, 0.5) is 5.69 Å². The van der Waals surface area contributed by atoms with E-state index in [1.54, 1.807) is 18.2 Å². The van der Waals surface area contributed by atoms with Gasteiger partial charge in [0.15, 0.2) is 0 Å². The maximum absolute atomic E-state index is 12.3. The number of benzene rings is 2. The summed E-state index contributed by atoms with van der Waals surface area (Å²) in [6, 6.07) is 14.6. The second kappa shape index (κ2) is 10.9. The molecular formula is C21H24KN2O5S. The monoisotopic (exact) mass is 455 g/mol. The van der Waals surface area contributed by atoms with Gasteiger partial charge in [-0.25, -0.2) is 9.03 Å². The summed E-state index contributed by atoms with van der Waals surface area (Å²) in [4.78, 5) is 23.6. The summed E-state index contributed by atoms with van der Waals surface area (Å²) < 4.78 is 33.5. The molecule has 1 N–H and O–H groups in total. The van der Waals surface area contributed by atoms with Crippen molar-refractivity contribution in [2.75, 3.05) is 10.8 Å². The quantitative estimate of drug-likeness (QED) is 0.616. The van der Waals surface area contributed by atoms with Gasteiger partial charge >= 0.3 is 10.2 Å². The number of nitrogens with zero attached hydrogens (tertiary/aromatic N) is 1. The minimum absolute atomic E-state index is 0. The Bertz CT molecular complexity index is 1010. The van der Waals surface area contributed by atoms with E-state index in [0.717, 1.165) is 15.4 Å². The fourth-order valence-electron chi connectivity index (χ4n) is 3.22. The first-order valence-corrected chi connectivity index (χ1v) is 10.9. The van der Waals surface area contributed by atoms with Gasteiger partial charge in [-0.1, -0.05) is 50.2 Å². The summed E-state index contributed by atoms with van der Waals surface area (Å²) in [5.41, 5.74) is 2.08. The molecule has 30 heavy (non-hydrogen) atoms. The molecule has 1 aliphatic heterocycles. The molecule has 0 aliphatic carbocycles. The van der Waals surface area contributed by atoms with E-state index in [9.17, 15) is 18.0 Å². The SMILES string of the molecule is CCC(=O)C(C)Cc1ccc(N2CC(=O)NS2(=O)=O)c(OCc2ccccc2)c1.[K]. The van der Waals surface area contributed by atoms with Gasteiger partial charge in [-0.05, 0) is 29.7 Å². The van der Waals surface area contributed by atoms with Crippen molar-refractivity contribution in [3.63, 3.8) is 0 Å². The van der Waals surface area contributed by atoms with E-state index in [1.807, 2.05) is 48.9 Å². The minimum Gasteiger partial charge on any atom is -0.487 e. The molecule has 0 saturated carbocycles. The molecule has 9 heteroatoms. The zero-order valence-electron chi connectivity index (χ0n) is 17.4. The Balaban J connectivity index is 0.00000320. The summed E-state index contributed by atoms with van der Waals surface area (Å²) >= 11 is 0. The van der Waals surface area contributed by atoms with Gasteiger partial charge in [0.1, 0.15) is 24.7 Å². The number of ketones is 1. The van der Waals surface area contributed by atoms with Crippen molar-refractivity contribution in [1.29, 1.82) is 0 Å². The molecule has 0 spiro atoms. The van der Waals surface area contributed by atoms with Crippen LogP contribution in [0.3, 0.4) is 0 Å². The molecule has 0 aromatic heterocycles. The third-order valence-electron chi connectivity index (χ3n) is 4.79. The van der Waals surface area contributed by atoms with Crippen LogP contribution in [0.1, 0.15) is 31.4 Å². The number of hydrogen-bond acceptors (Lipinski definition) is 5. The van der Waals surface area contributed by atoms with E-state index in [4.69, 9.17) is 4.74 Å². The van der Waals surface area contributed by atoms with E-state index in [2.05, 4.69) is 0 Å². The number of carbonyl (C=O) groups excluding carboxylic acids is 2. The smallest absolute Gasteiger partial charge is 0.326 e. The van der Waals surface area contributed by atoms with Crippen LogP contribution in [-0.2, 0) is 32.8 Å². The molecule has 2 aromatic carbocycles. The predicted molar refractivity (Wildman–Crippen MR) is 116 cm³/mol. The first kappa shape index (κ1) is 25.0. The maximum atomic E-state index is 12.3. The number of hydrogen-bond donors (Lipinski definition) is 1. The van der Waals surface area contributed by atoms with Gasteiger partial charge in [-0.15, -0.1) is 0 Å². The summed E-state index contributed by atoms with van der Waals surface area (Å²) in [5, 5.41) is 0. The maximum Gasteiger partial charge on any atom is 0.326 e. The van der Waals surface area contributed by atoms with Gasteiger partial charge in [-0.3, -0.25) is 9.59 Å². The molecular weight excluding hydrogens is 431 g/mol. The molecule has 1 heterocycles. The Kier molecular flexibility index (Phi) is 9.07. The summed E-state index contributed by atoms with van der Waals surface area (Å²) in [6.07, 6.45) is 0.995. The molecule has 1 fully saturated rings. The molecule has 1 atom stereocenters. The van der Waals surface area contributed by atoms with E-state index in [0.29, 0.717) is 18.6 Å². The van der Waals surface area contributed by atoms with Gasteiger partial charge in [0, 0.05) is 63.7 Å². The second-order valence-corrected chi connectivity index (χ2v) is 8.63. The Morgan fingerprint density at radius 3 is 2.47 bits per heavy atom. The van der Waals surface area contributed by atoms with Crippen LogP contribution in [0.25, 0.3) is 0 Å². The Labute approximate surface area is 219 Å². The van der Waals surface area contributed by atoms with Crippen molar-refractivity contribution in [3.8, 4) is 5.75 Å². The fraction of sp³-hybridized carbons (Fsp3) is 0.333. The fourth-order valence-corrected chi connectivity index (χ4v) is 4.38. The largest absolute Gasteiger partial charge is 0.487 e. The van der Waals surface area contributed by atoms with E-state index in [1.165, 1.54) is 0 Å². The van der Waals surface area contributed by atoms with Crippen LogP contribution in [-0.4, -0.2) is 78.0 Å². The van der Waals surface area contributed by atoms with Crippen molar-refractivity contribution in [3.05, 3.63) is 59.7 Å². The zero-order chi connectivity index (χ0) is 21.0. The molecule has 2 aromatic rings. The predicted octanol–water partition coefficient (Wildman–Crippen LogP) is 2.22. The number of ether oxygens (including phenoxy) is 1. The molecule has 7 nitrogen and oxygen atoms in total. The number of amides is 1. The summed E-state index contributed by atoms with van der Waals surface area (Å²) in [7, 11) is -3.95. The molecule has 1 radical (unpaired) electrons. The first-order chi connectivity index (χ1) is 13.8. The van der Waals surface area contributed by atoms with Gasteiger partial charge in [-0.2, -0.15) is 8.42 Å². The molecule has 0 bridgehead atoms. The van der Waals surface area contributed by atoms with Crippen molar-refractivity contribution in [2.45, 2.75) is 33.3 Å². The van der Waals surface area contributed by atoms with Crippen LogP contribution in [0.5, 0.6) is 5.75 Å². The van der Waals surface area contributed by atoms with Crippen molar-refractivity contribution >= 4 is 79.0 Å². The van der Waals surface area contributed by atoms with Crippen LogP contribution < -0.4 is 13.8 Å². The van der Waals surface area contributed by atoms with Gasteiger partial charge in [0.2, 0.25) is 0 Å². The van der Waals surface area contributed by atoms with Gasteiger partial charge < -0.3 is 4.74 Å². The van der Waals surface area contributed by atoms with Crippen LogP contribution >= 0.6 is 0 Å². The average molecular weight is 456 g/mol. The minimum atomic E-state index is -3.95. The number of anilines is 1. The van der Waals surface area contributed by atoms with E-state index >= 15 is 0 Å². The average Bonchev–Trinajstić information content (AvgIpc) is 2.98. The standard InChI is InChI=1S/C21H24N2O5S.K/c1-3-19(24)15(2)11-17-9-10-18(23-13-21(25)22-29(23,26)27)20(12-17)28-14-16-7-5-4-6-8-16;/h4-10,12,15H,3,11,13-14H2,1-2H3,(H,22,25);. The zero-order valence-corrected chi connectivity index (χ0v) is 21.4. The summed E-state index contributed by atoms with van der Waals surface area (Å²) in [5.74, 6) is -0.225. The third kappa shape index (κ3) is 6.15. The van der Waals surface area contributed by atoms with Crippen molar-refractivity contribution < 1.29 is 22.7 Å². The summed E-state index contributed by atoms with van der Waals surface area (Å²) in [6.45, 7) is 3.65. The van der Waals surface area contributed by atoms with E-state index in [-0.39, 0.29) is 81.9 Å². The molecule has 1 aliphatic rings. The van der Waals surface area contributed by atoms with Crippen LogP contribution in [0.15, 0.2) is 48.5 Å². The molecule has 1 saturated heterocycles. The van der Waals surface area contributed by atoms with Crippen LogP contribution in [0.2, 0.25) is 0 Å². The number of Topliss-reactive ketones (excluding diaryl/α,β-unsaturated/α-hetero) is 1. The van der Waals surface area contributed by atoms with Gasteiger partial charge in [0.25, 0.3) is 5.91 Å². The van der Waals surface area contributed by atoms with Crippen LogP contribution in [0, 0.1) is 5.92 Å². The Morgan fingerprint density at radius 2 is 1.87 bits per heavy atom. The topological polar surface area (TPSA) is 92.8 Å². The first-order valence-electron chi connectivity index (χ1n) is 9.46. The number of nitrogens with one attached hydrogen (secondary N) is 1. The second-order valence-electron chi connectivity index (χ2n) is 7.04. The normalized spacial score (nSPS) is 15.8. The molecule has 1 unspecified atom stereocenters. The van der Waals surface area contributed by atoms with Crippen molar-refractivity contribution in [1.82, 2.24) is 4.72 Å². The Hall–Kier alpha value is -1.23. The molecule has 1 amide bonds. The number of carbonyl (C=O) groups is 2. The number of rotatable bonds is 8. The third-order valence-corrected chi connectivity index (χ3v) is 6.18. The van der Waals surface area contributed by atoms with Crippen molar-refractivity contribution in [2.24, 2.45) is 5.92 Å². The van der Waals surface area contributed by atoms with Gasteiger partial charge in [0.05, 0.1) is 5.69 Å². The van der Waals surface area contributed by atoms with E-state index < -0.39 is 16.1 Å². The molecule has 155 valence electrons. The Morgan fingerprint density at radius 1 is 1.17 bits per heavy atom. The molecule has 3 rings (SSSR count).